The first-order chi connectivity index (χ1) is 12.6. The summed E-state index contributed by atoms with van der Waals surface area (Å²) in [7, 11) is -3.92. The Hall–Kier alpha value is -2.79. The summed E-state index contributed by atoms with van der Waals surface area (Å²) in [6, 6.07) is 5.81. The normalized spacial score (nSPS) is 13.7. The molecule has 11 heteroatoms. The average molecular weight is 397 g/mol. The van der Waals surface area contributed by atoms with Gasteiger partial charge in [-0.05, 0) is 26.0 Å². The fourth-order valence-corrected chi connectivity index (χ4v) is 3.17. The van der Waals surface area contributed by atoms with Crippen LogP contribution in [0, 0.1) is 0 Å². The zero-order chi connectivity index (χ0) is 20.2. The maximum absolute atomic E-state index is 12.1. The number of sulfonamides is 1. The molecule has 0 aliphatic carbocycles. The number of rotatable bonds is 8. The van der Waals surface area contributed by atoms with Crippen LogP contribution in [0.5, 0.6) is 0 Å². The number of benzene rings is 1. The highest BCUT2D eigenvalue weighted by molar-refractivity contribution is 7.89. The van der Waals surface area contributed by atoms with Crippen LogP contribution in [0.15, 0.2) is 24.3 Å². The third kappa shape index (κ3) is 5.34. The van der Waals surface area contributed by atoms with Crippen molar-refractivity contribution in [2.75, 3.05) is 12.3 Å². The number of nitrogens with zero attached hydrogens (tertiary/aromatic N) is 1. The first-order valence-electron chi connectivity index (χ1n) is 8.06. The minimum atomic E-state index is -3.92. The molecule has 3 amide bonds. The smallest absolute Gasteiger partial charge is 0.334 e. The third-order valence-corrected chi connectivity index (χ3v) is 4.75. The number of imide groups is 1. The van der Waals surface area contributed by atoms with Gasteiger partial charge >= 0.3 is 5.97 Å². The summed E-state index contributed by atoms with van der Waals surface area (Å²) in [4.78, 5) is 52.1. The monoisotopic (exact) mass is 397 g/mol. The molecule has 1 aromatic rings. The molecule has 2 N–H and O–H groups in total. The lowest BCUT2D eigenvalue weighted by Gasteiger charge is -2.13. The van der Waals surface area contributed by atoms with Crippen molar-refractivity contribution in [2.45, 2.75) is 26.3 Å². The molecule has 0 saturated heterocycles. The van der Waals surface area contributed by atoms with Crippen molar-refractivity contribution in [3.05, 3.63) is 35.4 Å². The fraction of sp³-hybridized carbons (Fsp3) is 0.375. The second kappa shape index (κ2) is 8.27. The van der Waals surface area contributed by atoms with E-state index in [2.05, 4.69) is 5.32 Å². The minimum absolute atomic E-state index is 0.0979. The number of fused-ring (bicyclic) bond motifs is 1. The molecule has 0 bridgehead atoms. The summed E-state index contributed by atoms with van der Waals surface area (Å²) in [5.41, 5.74) is 0.196. The Morgan fingerprint density at radius 2 is 1.67 bits per heavy atom. The zero-order valence-electron chi connectivity index (χ0n) is 14.7. The van der Waals surface area contributed by atoms with Gasteiger partial charge in [-0.25, -0.2) is 17.9 Å². The Bertz CT molecular complexity index is 845. The summed E-state index contributed by atoms with van der Waals surface area (Å²) >= 11 is 0. The number of nitrogens with one attached hydrogen (secondary N) is 2. The first-order valence-corrected chi connectivity index (χ1v) is 9.71. The summed E-state index contributed by atoms with van der Waals surface area (Å²) in [5, 5.41) is 2.82. The van der Waals surface area contributed by atoms with Crippen LogP contribution in [0.25, 0.3) is 0 Å². The van der Waals surface area contributed by atoms with E-state index in [-0.39, 0.29) is 17.2 Å². The molecule has 0 atom stereocenters. The minimum Gasteiger partial charge on any atom is -0.353 e. The van der Waals surface area contributed by atoms with Gasteiger partial charge in [0.05, 0.1) is 29.8 Å². The van der Waals surface area contributed by atoms with Crippen LogP contribution in [0.2, 0.25) is 0 Å². The molecule has 146 valence electrons. The van der Waals surface area contributed by atoms with Gasteiger partial charge in [0.1, 0.15) is 0 Å². The molecular formula is C16H19N3O7S. The molecule has 2 rings (SSSR count). The van der Waals surface area contributed by atoms with Crippen molar-refractivity contribution in [1.29, 1.82) is 0 Å². The summed E-state index contributed by atoms with van der Waals surface area (Å²) in [5.74, 6) is -3.83. The van der Waals surface area contributed by atoms with Crippen LogP contribution < -0.4 is 10.0 Å². The molecule has 10 nitrogen and oxygen atoms in total. The van der Waals surface area contributed by atoms with E-state index in [0.717, 1.165) is 0 Å². The van der Waals surface area contributed by atoms with Gasteiger partial charge in [-0.3, -0.25) is 14.4 Å². The highest BCUT2D eigenvalue weighted by atomic mass is 32.2. The number of hydrogen-bond donors (Lipinski definition) is 2. The van der Waals surface area contributed by atoms with Crippen LogP contribution in [-0.4, -0.2) is 55.5 Å². The number of hydroxylamine groups is 2. The van der Waals surface area contributed by atoms with Crippen LogP contribution >= 0.6 is 0 Å². The molecule has 0 radical (unpaired) electrons. The lowest BCUT2D eigenvalue weighted by Crippen LogP contribution is -2.41. The molecule has 1 aromatic carbocycles. The van der Waals surface area contributed by atoms with Crippen molar-refractivity contribution < 1.29 is 32.4 Å². The quantitative estimate of drug-likeness (QED) is 0.568. The lowest BCUT2D eigenvalue weighted by molar-refractivity contribution is -0.168. The number of carbonyl (C=O) groups excluding carboxylic acids is 4. The third-order valence-electron chi connectivity index (χ3n) is 3.43. The molecule has 1 aliphatic rings. The van der Waals surface area contributed by atoms with Gasteiger partial charge in [-0.1, -0.05) is 17.2 Å². The molecule has 0 spiro atoms. The second-order valence-corrected chi connectivity index (χ2v) is 7.95. The van der Waals surface area contributed by atoms with E-state index >= 15 is 0 Å². The van der Waals surface area contributed by atoms with E-state index in [0.29, 0.717) is 5.06 Å². The molecule has 0 saturated carbocycles. The van der Waals surface area contributed by atoms with Crippen LogP contribution in [-0.2, 0) is 24.4 Å². The van der Waals surface area contributed by atoms with Gasteiger partial charge in [-0.2, -0.15) is 0 Å². The highest BCUT2D eigenvalue weighted by Crippen LogP contribution is 2.22. The largest absolute Gasteiger partial charge is 0.353 e. The number of carbonyl (C=O) groups is 4. The van der Waals surface area contributed by atoms with Gasteiger partial charge in [0.2, 0.25) is 15.9 Å². The van der Waals surface area contributed by atoms with Crippen LogP contribution in [0.4, 0.5) is 0 Å². The molecule has 0 unspecified atom stereocenters. The zero-order valence-corrected chi connectivity index (χ0v) is 15.5. The molecule has 0 aromatic heterocycles. The average Bonchev–Trinajstić information content (AvgIpc) is 2.83. The SMILES string of the molecule is CC(C)NC(=O)CNS(=O)(=O)CCC(=O)ON1C(=O)c2ccccc2C1=O. The van der Waals surface area contributed by atoms with Crippen molar-refractivity contribution in [3.8, 4) is 0 Å². The summed E-state index contributed by atoms with van der Waals surface area (Å²) in [6.45, 7) is 2.98. The van der Waals surface area contributed by atoms with Gasteiger partial charge in [0.15, 0.2) is 0 Å². The number of amides is 3. The molecular weight excluding hydrogens is 378 g/mol. The molecule has 1 heterocycles. The lowest BCUT2D eigenvalue weighted by atomic mass is 10.1. The summed E-state index contributed by atoms with van der Waals surface area (Å²) in [6.07, 6.45) is -0.603. The van der Waals surface area contributed by atoms with Crippen molar-refractivity contribution in [2.24, 2.45) is 0 Å². The van der Waals surface area contributed by atoms with E-state index in [1.165, 1.54) is 12.1 Å². The van der Waals surface area contributed by atoms with E-state index < -0.39 is 52.4 Å². The first kappa shape index (κ1) is 20.5. The van der Waals surface area contributed by atoms with Crippen molar-refractivity contribution in [1.82, 2.24) is 15.1 Å². The highest BCUT2D eigenvalue weighted by Gasteiger charge is 2.38. The Kier molecular flexibility index (Phi) is 6.28. The predicted octanol–water partition coefficient (Wildman–Crippen LogP) is -0.425. The maximum atomic E-state index is 12.1. The van der Waals surface area contributed by atoms with E-state index in [1.807, 2.05) is 4.72 Å². The van der Waals surface area contributed by atoms with Gasteiger partial charge < -0.3 is 10.2 Å². The molecule has 0 fully saturated rings. The van der Waals surface area contributed by atoms with E-state index in [9.17, 15) is 27.6 Å². The summed E-state index contributed by atoms with van der Waals surface area (Å²) < 4.78 is 25.7. The maximum Gasteiger partial charge on any atom is 0.334 e. The Balaban J connectivity index is 1.85. The van der Waals surface area contributed by atoms with Crippen molar-refractivity contribution >= 4 is 33.7 Å². The second-order valence-electron chi connectivity index (χ2n) is 6.03. The molecule has 27 heavy (non-hydrogen) atoms. The van der Waals surface area contributed by atoms with Gasteiger partial charge in [0.25, 0.3) is 11.8 Å². The predicted molar refractivity (Wildman–Crippen MR) is 92.7 cm³/mol. The van der Waals surface area contributed by atoms with Crippen LogP contribution in [0.1, 0.15) is 41.0 Å². The van der Waals surface area contributed by atoms with Crippen LogP contribution in [0.3, 0.4) is 0 Å². The standard InChI is InChI=1S/C16H19N3O7S/c1-10(2)18-13(20)9-17-27(24,25)8-7-14(21)26-19-15(22)11-5-3-4-6-12(11)16(19)23/h3-6,10,17H,7-9H2,1-2H3,(H,18,20). The Morgan fingerprint density at radius 3 is 2.19 bits per heavy atom. The topological polar surface area (TPSA) is 139 Å². The fourth-order valence-electron chi connectivity index (χ4n) is 2.24. The van der Waals surface area contributed by atoms with Gasteiger partial charge in [0, 0.05) is 6.04 Å². The molecule has 1 aliphatic heterocycles. The Morgan fingerprint density at radius 1 is 1.11 bits per heavy atom. The van der Waals surface area contributed by atoms with E-state index in [1.54, 1.807) is 26.0 Å². The van der Waals surface area contributed by atoms with Gasteiger partial charge in [-0.15, -0.1) is 0 Å². The Labute approximate surface area is 155 Å². The van der Waals surface area contributed by atoms with E-state index in [4.69, 9.17) is 4.84 Å². The number of hydrogen-bond acceptors (Lipinski definition) is 7. The van der Waals surface area contributed by atoms with Crippen molar-refractivity contribution in [3.63, 3.8) is 0 Å².